The third-order valence-corrected chi connectivity index (χ3v) is 2.19. The maximum absolute atomic E-state index is 11.1. The Kier molecular flexibility index (Phi) is 2.21. The number of anilines is 1. The maximum atomic E-state index is 11.1. The molecule has 0 amide bonds. The first-order chi connectivity index (χ1) is 7.16. The molecule has 0 saturated heterocycles. The predicted octanol–water partition coefficient (Wildman–Crippen LogP) is 1.36. The van der Waals surface area contributed by atoms with Crippen molar-refractivity contribution < 1.29 is 9.59 Å². The number of allylic oxidation sites excluding steroid dienone is 4. The monoisotopic (exact) mass is 199 g/mol. The van der Waals surface area contributed by atoms with Crippen molar-refractivity contribution in [2.45, 2.75) is 0 Å². The fourth-order valence-corrected chi connectivity index (χ4v) is 1.36. The second kappa shape index (κ2) is 3.53. The van der Waals surface area contributed by atoms with E-state index in [0.717, 1.165) is 11.1 Å². The normalized spacial score (nSPS) is 15.3. The van der Waals surface area contributed by atoms with Crippen molar-refractivity contribution in [1.29, 1.82) is 0 Å². The average molecular weight is 199 g/mol. The van der Waals surface area contributed by atoms with Crippen LogP contribution in [-0.2, 0) is 9.59 Å². The molecule has 3 nitrogen and oxygen atoms in total. The number of carbonyl (C=O) groups excluding carboxylic acids is 2. The van der Waals surface area contributed by atoms with Crippen LogP contribution in [0.1, 0.15) is 5.56 Å². The summed E-state index contributed by atoms with van der Waals surface area (Å²) in [5.74, 6) is -0.960. The molecule has 0 heterocycles. The van der Waals surface area contributed by atoms with Crippen LogP contribution in [0.15, 0.2) is 42.5 Å². The van der Waals surface area contributed by atoms with Crippen LogP contribution >= 0.6 is 0 Å². The smallest absolute Gasteiger partial charge is 0.226 e. The van der Waals surface area contributed by atoms with E-state index >= 15 is 0 Å². The number of nitrogens with two attached hydrogens (primary N) is 1. The van der Waals surface area contributed by atoms with Crippen LogP contribution in [0.3, 0.4) is 0 Å². The Morgan fingerprint density at radius 1 is 0.867 bits per heavy atom. The van der Waals surface area contributed by atoms with Crippen LogP contribution in [-0.4, -0.2) is 11.6 Å². The van der Waals surface area contributed by atoms with Gasteiger partial charge in [0, 0.05) is 5.69 Å². The van der Waals surface area contributed by atoms with Crippen molar-refractivity contribution in [2.75, 3.05) is 5.73 Å². The molecule has 1 aliphatic rings. The zero-order chi connectivity index (χ0) is 10.8. The Bertz CT molecular complexity index is 481. The summed E-state index contributed by atoms with van der Waals surface area (Å²) < 4.78 is 0. The molecule has 15 heavy (non-hydrogen) atoms. The van der Waals surface area contributed by atoms with E-state index in [1.807, 2.05) is 12.1 Å². The molecule has 74 valence electrons. The van der Waals surface area contributed by atoms with Gasteiger partial charge in [-0.25, -0.2) is 0 Å². The van der Waals surface area contributed by atoms with Gasteiger partial charge in [-0.15, -0.1) is 0 Å². The first-order valence-electron chi connectivity index (χ1n) is 4.51. The van der Waals surface area contributed by atoms with Crippen molar-refractivity contribution >= 4 is 22.8 Å². The Morgan fingerprint density at radius 2 is 1.53 bits per heavy atom. The molecule has 0 aliphatic heterocycles. The average Bonchev–Trinajstić information content (AvgIpc) is 2.23. The molecular formula is C12H9NO2. The van der Waals surface area contributed by atoms with E-state index in [-0.39, 0.29) is 0 Å². The highest BCUT2D eigenvalue weighted by Crippen LogP contribution is 2.19. The van der Waals surface area contributed by atoms with E-state index in [2.05, 4.69) is 0 Å². The minimum absolute atomic E-state index is 0.478. The van der Waals surface area contributed by atoms with Gasteiger partial charge in [0.15, 0.2) is 0 Å². The highest BCUT2D eigenvalue weighted by molar-refractivity contribution is 6.48. The topological polar surface area (TPSA) is 60.2 Å². The highest BCUT2D eigenvalue weighted by Gasteiger charge is 2.13. The van der Waals surface area contributed by atoms with Gasteiger partial charge in [0.2, 0.25) is 11.6 Å². The number of ketones is 2. The Balaban J connectivity index is 2.37. The van der Waals surface area contributed by atoms with E-state index in [4.69, 9.17) is 5.73 Å². The summed E-state index contributed by atoms with van der Waals surface area (Å²) in [6, 6.07) is 7.14. The molecule has 0 radical (unpaired) electrons. The number of hydrogen-bond acceptors (Lipinski definition) is 3. The standard InChI is InChI=1S/C12H9NO2/c13-10-4-1-8(2-5-10)9-3-6-11(14)12(15)7-9/h1-7H,13H2. The fourth-order valence-electron chi connectivity index (χ4n) is 1.36. The lowest BCUT2D eigenvalue weighted by atomic mass is 9.98. The number of nitrogen functional groups attached to an aromatic ring is 1. The summed E-state index contributed by atoms with van der Waals surface area (Å²) in [5, 5.41) is 0. The molecular weight excluding hydrogens is 190 g/mol. The summed E-state index contributed by atoms with van der Waals surface area (Å²) in [6.07, 6.45) is 4.26. The minimum atomic E-state index is -0.482. The lowest BCUT2D eigenvalue weighted by Crippen LogP contribution is -2.11. The molecule has 0 aromatic heterocycles. The zero-order valence-corrected chi connectivity index (χ0v) is 7.94. The molecule has 2 rings (SSSR count). The van der Waals surface area contributed by atoms with Crippen molar-refractivity contribution in [3.05, 3.63) is 48.1 Å². The lowest BCUT2D eigenvalue weighted by Gasteiger charge is -2.05. The third kappa shape index (κ3) is 1.86. The Hall–Kier alpha value is -2.16. The molecule has 0 bridgehead atoms. The number of carbonyl (C=O) groups is 2. The van der Waals surface area contributed by atoms with Crippen molar-refractivity contribution in [3.8, 4) is 0 Å². The summed E-state index contributed by atoms with van der Waals surface area (Å²) in [7, 11) is 0. The van der Waals surface area contributed by atoms with Crippen LogP contribution in [0.2, 0.25) is 0 Å². The molecule has 1 aliphatic carbocycles. The molecule has 1 aromatic rings. The minimum Gasteiger partial charge on any atom is -0.399 e. The molecule has 1 aromatic carbocycles. The summed E-state index contributed by atoms with van der Waals surface area (Å²) in [5.41, 5.74) is 7.83. The predicted molar refractivity (Wildman–Crippen MR) is 58.0 cm³/mol. The van der Waals surface area contributed by atoms with Gasteiger partial charge in [-0.05, 0) is 35.4 Å². The number of rotatable bonds is 1. The van der Waals surface area contributed by atoms with Crippen LogP contribution in [0, 0.1) is 0 Å². The first kappa shape index (κ1) is 9.40. The largest absolute Gasteiger partial charge is 0.399 e. The summed E-state index contributed by atoms with van der Waals surface area (Å²) >= 11 is 0. The second-order valence-corrected chi connectivity index (χ2v) is 3.28. The van der Waals surface area contributed by atoms with E-state index in [9.17, 15) is 9.59 Å². The van der Waals surface area contributed by atoms with Gasteiger partial charge in [0.1, 0.15) is 0 Å². The van der Waals surface area contributed by atoms with Crippen LogP contribution in [0.4, 0.5) is 5.69 Å². The van der Waals surface area contributed by atoms with Crippen molar-refractivity contribution in [1.82, 2.24) is 0 Å². The maximum Gasteiger partial charge on any atom is 0.226 e. The molecule has 0 spiro atoms. The van der Waals surface area contributed by atoms with Crippen molar-refractivity contribution in [2.24, 2.45) is 0 Å². The van der Waals surface area contributed by atoms with Crippen LogP contribution in [0.25, 0.3) is 5.57 Å². The van der Waals surface area contributed by atoms with E-state index in [1.165, 1.54) is 12.2 Å². The quantitative estimate of drug-likeness (QED) is 0.422. The molecule has 0 atom stereocenters. The van der Waals surface area contributed by atoms with Gasteiger partial charge in [0.25, 0.3) is 0 Å². The number of hydrogen-bond donors (Lipinski definition) is 1. The summed E-state index contributed by atoms with van der Waals surface area (Å²) in [4.78, 5) is 22.1. The third-order valence-electron chi connectivity index (χ3n) is 2.19. The molecule has 2 N–H and O–H groups in total. The number of benzene rings is 1. The highest BCUT2D eigenvalue weighted by atomic mass is 16.2. The van der Waals surface area contributed by atoms with Crippen molar-refractivity contribution in [3.63, 3.8) is 0 Å². The molecule has 0 fully saturated rings. The second-order valence-electron chi connectivity index (χ2n) is 3.28. The molecule has 0 saturated carbocycles. The Morgan fingerprint density at radius 3 is 2.13 bits per heavy atom. The van der Waals surface area contributed by atoms with Gasteiger partial charge in [-0.3, -0.25) is 9.59 Å². The zero-order valence-electron chi connectivity index (χ0n) is 7.94. The molecule has 0 unspecified atom stereocenters. The lowest BCUT2D eigenvalue weighted by molar-refractivity contribution is -0.131. The van der Waals surface area contributed by atoms with Gasteiger partial charge >= 0.3 is 0 Å². The van der Waals surface area contributed by atoms with Crippen LogP contribution in [0.5, 0.6) is 0 Å². The van der Waals surface area contributed by atoms with E-state index < -0.39 is 11.6 Å². The van der Waals surface area contributed by atoms with Gasteiger partial charge < -0.3 is 5.73 Å². The SMILES string of the molecule is Nc1ccc(C2=CC(=O)C(=O)C=C2)cc1. The first-order valence-corrected chi connectivity index (χ1v) is 4.51. The summed E-state index contributed by atoms with van der Waals surface area (Å²) in [6.45, 7) is 0. The molecule has 3 heteroatoms. The van der Waals surface area contributed by atoms with E-state index in [1.54, 1.807) is 18.2 Å². The van der Waals surface area contributed by atoms with Gasteiger partial charge in [-0.1, -0.05) is 18.2 Å². The van der Waals surface area contributed by atoms with E-state index in [0.29, 0.717) is 5.69 Å². The fraction of sp³-hybridized carbons (Fsp3) is 0. The Labute approximate surface area is 86.9 Å². The van der Waals surface area contributed by atoms with Crippen LogP contribution < -0.4 is 5.73 Å². The van der Waals surface area contributed by atoms with Gasteiger partial charge in [0.05, 0.1) is 0 Å². The van der Waals surface area contributed by atoms with Gasteiger partial charge in [-0.2, -0.15) is 0 Å².